The average Bonchev–Trinajstić information content (AvgIpc) is 2.53. The number of nitrogens with zero attached hydrogens (tertiary/aromatic N) is 2. The van der Waals surface area contributed by atoms with Gasteiger partial charge in [0, 0.05) is 20.2 Å². The molecule has 1 aliphatic rings. The molecule has 2 unspecified atom stereocenters. The van der Waals surface area contributed by atoms with Crippen LogP contribution in [0.5, 0.6) is 0 Å². The van der Waals surface area contributed by atoms with Crippen LogP contribution in [0.1, 0.15) is 36.2 Å². The van der Waals surface area contributed by atoms with E-state index in [-0.39, 0.29) is 12.5 Å². The van der Waals surface area contributed by atoms with E-state index in [1.54, 1.807) is 19.2 Å². The van der Waals surface area contributed by atoms with Crippen molar-refractivity contribution in [3.05, 3.63) is 17.8 Å². The molecule has 1 saturated carbocycles. The minimum atomic E-state index is -0.239. The van der Waals surface area contributed by atoms with Gasteiger partial charge in [0.15, 0.2) is 5.69 Å². The maximum absolute atomic E-state index is 11.3. The maximum Gasteiger partial charge on any atom is 0.271 e. The summed E-state index contributed by atoms with van der Waals surface area (Å²) in [4.78, 5) is 11.3. The van der Waals surface area contributed by atoms with Crippen LogP contribution in [0.4, 0.5) is 5.82 Å². The predicted molar refractivity (Wildman–Crippen MR) is 76.4 cm³/mol. The van der Waals surface area contributed by atoms with Crippen LogP contribution in [0.15, 0.2) is 12.1 Å². The van der Waals surface area contributed by atoms with Gasteiger partial charge in [-0.3, -0.25) is 4.79 Å². The van der Waals surface area contributed by atoms with Gasteiger partial charge in [-0.2, -0.15) is 0 Å². The second-order valence-corrected chi connectivity index (χ2v) is 5.25. The van der Waals surface area contributed by atoms with E-state index in [1.165, 1.54) is 12.8 Å². The molecule has 1 aromatic heterocycles. The van der Waals surface area contributed by atoms with E-state index >= 15 is 0 Å². The van der Waals surface area contributed by atoms with Crippen LogP contribution in [-0.2, 0) is 0 Å². The van der Waals surface area contributed by atoms with Crippen LogP contribution >= 0.6 is 0 Å². The normalized spacial score (nSPS) is 22.3. The third-order valence-electron chi connectivity index (χ3n) is 3.97. The summed E-state index contributed by atoms with van der Waals surface area (Å²) in [6.45, 7) is 1.05. The van der Waals surface area contributed by atoms with Crippen molar-refractivity contribution >= 4 is 11.7 Å². The van der Waals surface area contributed by atoms with Crippen molar-refractivity contribution in [2.75, 3.05) is 25.5 Å². The topological polar surface area (TPSA) is 87.1 Å². The fraction of sp³-hybridized carbons (Fsp3) is 0.643. The fourth-order valence-electron chi connectivity index (χ4n) is 2.70. The molecule has 1 aliphatic carbocycles. The zero-order chi connectivity index (χ0) is 14.4. The molecule has 0 bridgehead atoms. The lowest BCUT2D eigenvalue weighted by molar-refractivity contribution is 0.0957. The van der Waals surface area contributed by atoms with Crippen LogP contribution in [0.25, 0.3) is 0 Å². The molecule has 3 N–H and O–H groups in total. The number of carbonyl (C=O) groups is 1. The molecule has 0 spiro atoms. The summed E-state index contributed by atoms with van der Waals surface area (Å²) in [6.07, 6.45) is 4.68. The van der Waals surface area contributed by atoms with Gasteiger partial charge < -0.3 is 15.7 Å². The number of anilines is 1. The minimum Gasteiger partial charge on any atom is -0.396 e. The van der Waals surface area contributed by atoms with Crippen molar-refractivity contribution in [1.29, 1.82) is 0 Å². The first kappa shape index (κ1) is 14.7. The number of nitrogens with one attached hydrogen (secondary N) is 2. The van der Waals surface area contributed by atoms with Gasteiger partial charge >= 0.3 is 0 Å². The molecule has 6 heteroatoms. The predicted octanol–water partition coefficient (Wildman–Crippen LogP) is 1.05. The Labute approximate surface area is 119 Å². The molecule has 110 valence electrons. The van der Waals surface area contributed by atoms with E-state index in [2.05, 4.69) is 20.8 Å². The second-order valence-electron chi connectivity index (χ2n) is 5.25. The highest BCUT2D eigenvalue weighted by molar-refractivity contribution is 5.91. The van der Waals surface area contributed by atoms with Crippen LogP contribution in [0, 0.1) is 11.8 Å². The molecule has 0 saturated heterocycles. The molecule has 1 amide bonds. The number of aromatic nitrogens is 2. The Bertz CT molecular complexity index is 435. The third-order valence-corrected chi connectivity index (χ3v) is 3.97. The van der Waals surface area contributed by atoms with Gasteiger partial charge in [-0.1, -0.05) is 12.8 Å². The average molecular weight is 278 g/mol. The smallest absolute Gasteiger partial charge is 0.271 e. The van der Waals surface area contributed by atoms with Gasteiger partial charge in [0.2, 0.25) is 0 Å². The van der Waals surface area contributed by atoms with Crippen LogP contribution < -0.4 is 10.6 Å². The number of aliphatic hydroxyl groups is 1. The van der Waals surface area contributed by atoms with E-state index in [1.807, 2.05) is 0 Å². The number of amides is 1. The minimum absolute atomic E-state index is 0.239. The van der Waals surface area contributed by atoms with E-state index in [0.29, 0.717) is 23.3 Å². The molecule has 1 aromatic rings. The molecular formula is C14H22N4O2. The van der Waals surface area contributed by atoms with Crippen LogP contribution in [0.3, 0.4) is 0 Å². The Balaban J connectivity index is 1.88. The molecule has 20 heavy (non-hydrogen) atoms. The zero-order valence-electron chi connectivity index (χ0n) is 11.8. The summed E-state index contributed by atoms with van der Waals surface area (Å²) >= 11 is 0. The molecule has 2 atom stereocenters. The first-order valence-corrected chi connectivity index (χ1v) is 7.15. The Hall–Kier alpha value is -1.69. The molecule has 1 heterocycles. The number of hydrogen-bond acceptors (Lipinski definition) is 5. The Kier molecular flexibility index (Phi) is 5.29. The molecule has 1 fully saturated rings. The highest BCUT2D eigenvalue weighted by Crippen LogP contribution is 2.29. The van der Waals surface area contributed by atoms with Crippen molar-refractivity contribution in [2.24, 2.45) is 11.8 Å². The quantitative estimate of drug-likeness (QED) is 0.749. The Morgan fingerprint density at radius 2 is 2.05 bits per heavy atom. The number of aliphatic hydroxyl groups excluding tert-OH is 1. The van der Waals surface area contributed by atoms with Crippen LogP contribution in [-0.4, -0.2) is 41.4 Å². The van der Waals surface area contributed by atoms with Gasteiger partial charge in [0.1, 0.15) is 5.82 Å². The monoisotopic (exact) mass is 278 g/mol. The van der Waals surface area contributed by atoms with Crippen molar-refractivity contribution in [2.45, 2.75) is 25.7 Å². The van der Waals surface area contributed by atoms with E-state index in [9.17, 15) is 9.90 Å². The number of hydrogen-bond donors (Lipinski definition) is 3. The Morgan fingerprint density at radius 3 is 2.65 bits per heavy atom. The summed E-state index contributed by atoms with van der Waals surface area (Å²) < 4.78 is 0. The van der Waals surface area contributed by atoms with E-state index in [4.69, 9.17) is 0 Å². The van der Waals surface area contributed by atoms with Crippen LogP contribution in [0.2, 0.25) is 0 Å². The molecule has 0 aromatic carbocycles. The van der Waals surface area contributed by atoms with Crippen molar-refractivity contribution < 1.29 is 9.90 Å². The fourth-order valence-corrected chi connectivity index (χ4v) is 2.70. The van der Waals surface area contributed by atoms with E-state index < -0.39 is 0 Å². The summed E-state index contributed by atoms with van der Waals surface area (Å²) in [5.74, 6) is 1.29. The number of rotatable bonds is 5. The molecular weight excluding hydrogens is 256 g/mol. The largest absolute Gasteiger partial charge is 0.396 e. The van der Waals surface area contributed by atoms with Gasteiger partial charge in [-0.25, -0.2) is 0 Å². The van der Waals surface area contributed by atoms with Gasteiger partial charge in [0.25, 0.3) is 5.91 Å². The molecule has 2 rings (SSSR count). The summed E-state index contributed by atoms with van der Waals surface area (Å²) in [6, 6.07) is 3.41. The zero-order valence-corrected chi connectivity index (χ0v) is 11.8. The highest BCUT2D eigenvalue weighted by Gasteiger charge is 2.24. The van der Waals surface area contributed by atoms with Gasteiger partial charge in [0.05, 0.1) is 0 Å². The lowest BCUT2D eigenvalue weighted by atomic mass is 9.79. The molecule has 6 nitrogen and oxygen atoms in total. The Morgan fingerprint density at radius 1 is 1.30 bits per heavy atom. The van der Waals surface area contributed by atoms with Crippen molar-refractivity contribution in [1.82, 2.24) is 15.5 Å². The summed E-state index contributed by atoms with van der Waals surface area (Å²) in [5.41, 5.74) is 0.309. The van der Waals surface area contributed by atoms with Crippen molar-refractivity contribution in [3.63, 3.8) is 0 Å². The number of carbonyl (C=O) groups excluding carboxylic acids is 1. The van der Waals surface area contributed by atoms with E-state index in [0.717, 1.165) is 19.4 Å². The first-order chi connectivity index (χ1) is 9.74. The van der Waals surface area contributed by atoms with Crippen molar-refractivity contribution in [3.8, 4) is 0 Å². The van der Waals surface area contributed by atoms with Gasteiger partial charge in [-0.05, 0) is 36.8 Å². The van der Waals surface area contributed by atoms with Gasteiger partial charge in [-0.15, -0.1) is 10.2 Å². The summed E-state index contributed by atoms with van der Waals surface area (Å²) in [7, 11) is 1.56. The third kappa shape index (κ3) is 3.66. The standard InChI is InChI=1S/C14H22N4O2/c1-15-14(20)12-6-7-13(18-17-12)16-8-10-4-2-3-5-11(10)9-19/h6-7,10-11,19H,2-5,8-9H2,1H3,(H,15,20)(H,16,18). The molecule has 0 radical (unpaired) electrons. The second kappa shape index (κ2) is 7.19. The highest BCUT2D eigenvalue weighted by atomic mass is 16.3. The lowest BCUT2D eigenvalue weighted by Crippen LogP contribution is -2.29. The summed E-state index contributed by atoms with van der Waals surface area (Å²) in [5, 5.41) is 23.0. The molecule has 0 aliphatic heterocycles. The first-order valence-electron chi connectivity index (χ1n) is 7.15. The lowest BCUT2D eigenvalue weighted by Gasteiger charge is -2.30. The SMILES string of the molecule is CNC(=O)c1ccc(NCC2CCCCC2CO)nn1. The maximum atomic E-state index is 11.3.